The van der Waals surface area contributed by atoms with Gasteiger partial charge in [0.2, 0.25) is 0 Å². The second-order valence-electron chi connectivity index (χ2n) is 4.39. The van der Waals surface area contributed by atoms with E-state index in [4.69, 9.17) is 0 Å². The van der Waals surface area contributed by atoms with E-state index in [2.05, 4.69) is 76.6 Å². The van der Waals surface area contributed by atoms with Crippen LogP contribution in [0.4, 0.5) is 0 Å². The molecule has 2 aromatic rings. The van der Waals surface area contributed by atoms with E-state index in [9.17, 15) is 0 Å². The third-order valence-electron chi connectivity index (χ3n) is 3.31. The second-order valence-corrected chi connectivity index (χ2v) is 5.24. The maximum atomic E-state index is 3.64. The Balaban J connectivity index is 1.98. The van der Waals surface area contributed by atoms with Gasteiger partial charge in [0.05, 0.1) is 0 Å². The quantitative estimate of drug-likeness (QED) is 0.706. The van der Waals surface area contributed by atoms with Crippen LogP contribution >= 0.6 is 15.9 Å². The van der Waals surface area contributed by atoms with Crippen molar-refractivity contribution in [1.29, 1.82) is 0 Å². The van der Waals surface area contributed by atoms with E-state index in [0.717, 1.165) is 6.42 Å². The van der Waals surface area contributed by atoms with Crippen molar-refractivity contribution in [3.63, 3.8) is 0 Å². The first-order chi connectivity index (χ1) is 8.34. The summed E-state index contributed by atoms with van der Waals surface area (Å²) in [5.74, 6) is 0.487. The van der Waals surface area contributed by atoms with Gasteiger partial charge in [0.15, 0.2) is 0 Å². The number of hydrogen-bond acceptors (Lipinski definition) is 0. The predicted molar refractivity (Wildman–Crippen MR) is 76.1 cm³/mol. The lowest BCUT2D eigenvalue weighted by molar-refractivity contribution is 0.822. The van der Waals surface area contributed by atoms with Gasteiger partial charge in [-0.15, -0.1) is 0 Å². The van der Waals surface area contributed by atoms with Gasteiger partial charge in [0, 0.05) is 10.4 Å². The van der Waals surface area contributed by atoms with Gasteiger partial charge < -0.3 is 0 Å². The molecule has 1 unspecified atom stereocenters. The fourth-order valence-corrected chi connectivity index (χ4v) is 2.98. The molecule has 0 nitrogen and oxygen atoms in total. The lowest BCUT2D eigenvalue weighted by Crippen LogP contribution is -2.06. The monoisotopic (exact) mass is 284 g/mol. The van der Waals surface area contributed by atoms with Gasteiger partial charge in [-0.3, -0.25) is 0 Å². The molecule has 0 bridgehead atoms. The number of allylic oxidation sites excluding steroid dienone is 1. The molecule has 0 saturated heterocycles. The van der Waals surface area contributed by atoms with E-state index in [0.29, 0.717) is 5.92 Å². The van der Waals surface area contributed by atoms with E-state index < -0.39 is 0 Å². The lowest BCUT2D eigenvalue weighted by Gasteiger charge is -2.20. The molecular weight excluding hydrogens is 272 g/mol. The molecule has 0 radical (unpaired) electrons. The molecule has 1 heteroatoms. The third kappa shape index (κ3) is 2.07. The second kappa shape index (κ2) is 4.50. The number of fused-ring (bicyclic) bond motifs is 1. The Morgan fingerprint density at radius 2 is 1.71 bits per heavy atom. The molecule has 84 valence electrons. The van der Waals surface area contributed by atoms with Gasteiger partial charge in [0.1, 0.15) is 0 Å². The Bertz CT molecular complexity index is 569. The number of benzene rings is 2. The minimum absolute atomic E-state index is 0.487. The molecule has 0 spiro atoms. The zero-order valence-electron chi connectivity index (χ0n) is 9.44. The Hall–Kier alpha value is -1.34. The topological polar surface area (TPSA) is 0 Å². The molecule has 0 heterocycles. The maximum absolute atomic E-state index is 3.64. The first-order valence-corrected chi connectivity index (χ1v) is 6.64. The summed E-state index contributed by atoms with van der Waals surface area (Å²) in [5, 5.41) is 0. The molecule has 1 aliphatic carbocycles. The molecule has 1 atom stereocenters. The molecule has 0 aromatic heterocycles. The van der Waals surface area contributed by atoms with Gasteiger partial charge in [0.25, 0.3) is 0 Å². The van der Waals surface area contributed by atoms with Crippen LogP contribution in [0.25, 0.3) is 6.08 Å². The van der Waals surface area contributed by atoms with Crippen LogP contribution in [0.1, 0.15) is 22.6 Å². The van der Waals surface area contributed by atoms with E-state index in [-0.39, 0.29) is 0 Å². The minimum Gasteiger partial charge on any atom is -0.0760 e. The van der Waals surface area contributed by atoms with E-state index >= 15 is 0 Å². The average Bonchev–Trinajstić information content (AvgIpc) is 2.39. The Labute approximate surface area is 110 Å². The van der Waals surface area contributed by atoms with Gasteiger partial charge in [-0.05, 0) is 29.2 Å². The summed E-state index contributed by atoms with van der Waals surface area (Å²) in [6.45, 7) is 0. The van der Waals surface area contributed by atoms with Crippen molar-refractivity contribution in [3.05, 3.63) is 75.8 Å². The number of rotatable bonds is 1. The Morgan fingerprint density at radius 3 is 2.59 bits per heavy atom. The van der Waals surface area contributed by atoms with Gasteiger partial charge >= 0.3 is 0 Å². The van der Waals surface area contributed by atoms with Crippen LogP contribution in [0.3, 0.4) is 0 Å². The van der Waals surface area contributed by atoms with Crippen molar-refractivity contribution < 1.29 is 0 Å². The first kappa shape index (κ1) is 10.8. The molecule has 0 saturated carbocycles. The average molecular weight is 285 g/mol. The van der Waals surface area contributed by atoms with Crippen molar-refractivity contribution in [2.24, 2.45) is 0 Å². The summed E-state index contributed by atoms with van der Waals surface area (Å²) in [6.07, 6.45) is 5.64. The molecule has 3 rings (SSSR count). The molecule has 0 N–H and O–H groups in total. The van der Waals surface area contributed by atoms with Crippen molar-refractivity contribution >= 4 is 22.0 Å². The van der Waals surface area contributed by atoms with Crippen LogP contribution in [0.5, 0.6) is 0 Å². The molecule has 17 heavy (non-hydrogen) atoms. The molecule has 0 fully saturated rings. The highest BCUT2D eigenvalue weighted by Crippen LogP contribution is 2.33. The lowest BCUT2D eigenvalue weighted by atomic mass is 9.85. The van der Waals surface area contributed by atoms with Crippen molar-refractivity contribution in [3.8, 4) is 0 Å². The van der Waals surface area contributed by atoms with Crippen molar-refractivity contribution in [1.82, 2.24) is 0 Å². The highest BCUT2D eigenvalue weighted by atomic mass is 79.9. The largest absolute Gasteiger partial charge is 0.0760 e. The normalized spacial score (nSPS) is 17.8. The van der Waals surface area contributed by atoms with E-state index in [1.165, 1.54) is 21.2 Å². The summed E-state index contributed by atoms with van der Waals surface area (Å²) >= 11 is 3.64. The zero-order valence-corrected chi connectivity index (χ0v) is 11.0. The van der Waals surface area contributed by atoms with E-state index in [1.807, 2.05) is 0 Å². The van der Waals surface area contributed by atoms with Crippen LogP contribution in [-0.4, -0.2) is 0 Å². The van der Waals surface area contributed by atoms with Gasteiger partial charge in [-0.25, -0.2) is 0 Å². The van der Waals surface area contributed by atoms with Gasteiger partial charge in [-0.1, -0.05) is 70.5 Å². The zero-order chi connectivity index (χ0) is 11.7. The summed E-state index contributed by atoms with van der Waals surface area (Å²) in [7, 11) is 0. The molecule has 1 aliphatic rings. The van der Waals surface area contributed by atoms with Crippen molar-refractivity contribution in [2.45, 2.75) is 12.3 Å². The standard InChI is InChI=1S/C16H13Br/c17-16-8-4-3-7-15(16)14-10-9-12-5-1-2-6-13(12)11-14/h1-10,14H,11H2. The van der Waals surface area contributed by atoms with Crippen LogP contribution in [-0.2, 0) is 6.42 Å². The SMILES string of the molecule is Brc1ccccc1C1C=Cc2ccccc2C1. The fraction of sp³-hybridized carbons (Fsp3) is 0.125. The summed E-state index contributed by atoms with van der Waals surface area (Å²) in [6, 6.07) is 17.1. The molecule has 2 aromatic carbocycles. The van der Waals surface area contributed by atoms with E-state index in [1.54, 1.807) is 0 Å². The Kier molecular flexibility index (Phi) is 2.86. The number of halogens is 1. The smallest absolute Gasteiger partial charge is 0.0213 e. The highest BCUT2D eigenvalue weighted by molar-refractivity contribution is 9.10. The minimum atomic E-state index is 0.487. The Morgan fingerprint density at radius 1 is 0.941 bits per heavy atom. The number of hydrogen-bond donors (Lipinski definition) is 0. The third-order valence-corrected chi connectivity index (χ3v) is 4.03. The summed E-state index contributed by atoms with van der Waals surface area (Å²) < 4.78 is 1.20. The van der Waals surface area contributed by atoms with Crippen LogP contribution in [0, 0.1) is 0 Å². The van der Waals surface area contributed by atoms with Crippen LogP contribution < -0.4 is 0 Å². The first-order valence-electron chi connectivity index (χ1n) is 5.85. The molecule has 0 amide bonds. The summed E-state index contributed by atoms with van der Waals surface area (Å²) in [5.41, 5.74) is 4.17. The van der Waals surface area contributed by atoms with Crippen LogP contribution in [0.2, 0.25) is 0 Å². The van der Waals surface area contributed by atoms with Gasteiger partial charge in [-0.2, -0.15) is 0 Å². The highest BCUT2D eigenvalue weighted by Gasteiger charge is 2.16. The molecular formula is C16H13Br. The van der Waals surface area contributed by atoms with Crippen molar-refractivity contribution in [2.75, 3.05) is 0 Å². The predicted octanol–water partition coefficient (Wildman–Crippen LogP) is 4.80. The summed E-state index contributed by atoms with van der Waals surface area (Å²) in [4.78, 5) is 0. The fourth-order valence-electron chi connectivity index (χ4n) is 2.40. The maximum Gasteiger partial charge on any atom is 0.0213 e. The van der Waals surface area contributed by atoms with Crippen LogP contribution in [0.15, 0.2) is 59.1 Å². The molecule has 0 aliphatic heterocycles.